The van der Waals surface area contributed by atoms with Gasteiger partial charge < -0.3 is 5.21 Å². The van der Waals surface area contributed by atoms with Crippen LogP contribution in [0.2, 0.25) is 0 Å². The maximum atomic E-state index is 14.1. The number of rotatable bonds is 3. The third-order valence-electron chi connectivity index (χ3n) is 6.41. The smallest absolute Gasteiger partial charge is 0.297 e. The Balaban J connectivity index is 1.56. The van der Waals surface area contributed by atoms with E-state index in [1.165, 1.54) is 0 Å². The van der Waals surface area contributed by atoms with Crippen molar-refractivity contribution in [3.63, 3.8) is 0 Å². The fourth-order valence-corrected chi connectivity index (χ4v) is 5.02. The first-order valence-corrected chi connectivity index (χ1v) is 10.5. The van der Waals surface area contributed by atoms with Crippen molar-refractivity contribution in [1.82, 2.24) is 5.17 Å². The number of fused-ring (bicyclic) bond motifs is 3. The SMILES string of the molecule is O=C1C2ON3[N+]([O-])=C(c4ccccc4)C(=O)C3(c3ccccc3)C2C(=O)N1c1ccccc1. The van der Waals surface area contributed by atoms with Crippen LogP contribution >= 0.6 is 0 Å². The van der Waals surface area contributed by atoms with Crippen molar-refractivity contribution < 1.29 is 24.1 Å². The molecule has 8 nitrogen and oxygen atoms in total. The van der Waals surface area contributed by atoms with Gasteiger partial charge in [0.1, 0.15) is 5.92 Å². The molecule has 2 amide bonds. The number of carbonyl (C=O) groups excluding carboxylic acids is 3. The number of hydrogen-bond acceptors (Lipinski definition) is 6. The molecule has 0 radical (unpaired) electrons. The van der Waals surface area contributed by atoms with Crippen LogP contribution in [0, 0.1) is 11.1 Å². The van der Waals surface area contributed by atoms with E-state index in [-0.39, 0.29) is 5.71 Å². The second-order valence-electron chi connectivity index (χ2n) is 8.07. The zero-order chi connectivity index (χ0) is 22.7. The minimum atomic E-state index is -1.80. The molecule has 0 aliphatic carbocycles. The molecule has 2 fully saturated rings. The van der Waals surface area contributed by atoms with Crippen LogP contribution in [-0.2, 0) is 24.8 Å². The number of hydrogen-bond donors (Lipinski definition) is 0. The summed E-state index contributed by atoms with van der Waals surface area (Å²) in [6.07, 6.45) is -1.30. The molecule has 3 aliphatic rings. The van der Waals surface area contributed by atoms with Gasteiger partial charge in [0.25, 0.3) is 17.4 Å². The number of imide groups is 1. The number of nitrogens with zero attached hydrogens (tertiary/aromatic N) is 3. The highest BCUT2D eigenvalue weighted by atomic mass is 16.8. The van der Waals surface area contributed by atoms with E-state index in [1.54, 1.807) is 91.0 Å². The van der Waals surface area contributed by atoms with E-state index < -0.39 is 35.2 Å². The Hall–Kier alpha value is -4.30. The van der Waals surface area contributed by atoms with Gasteiger partial charge in [-0.25, -0.2) is 9.74 Å². The molecule has 3 aromatic carbocycles. The topological polar surface area (TPSA) is 93.0 Å². The summed E-state index contributed by atoms with van der Waals surface area (Å²) in [5.41, 5.74) is -0.743. The standard InChI is InChI=1S/C25H17N3O5/c29-22-20(16-10-4-1-5-11-16)27(32)28-25(22,17-12-6-2-7-13-17)19-21(33-28)24(31)26(23(19)30)18-14-8-3-9-15-18/h1-15,19,21H. The fraction of sp³-hybridized carbons (Fsp3) is 0.120. The lowest BCUT2D eigenvalue weighted by Gasteiger charge is -2.29. The van der Waals surface area contributed by atoms with Gasteiger partial charge in [0.2, 0.25) is 11.4 Å². The van der Waals surface area contributed by atoms with Crippen LogP contribution in [0.4, 0.5) is 5.69 Å². The van der Waals surface area contributed by atoms with Gasteiger partial charge in [-0.2, -0.15) is 0 Å². The molecule has 6 rings (SSSR count). The monoisotopic (exact) mass is 439 g/mol. The molecule has 2 saturated heterocycles. The van der Waals surface area contributed by atoms with E-state index in [1.807, 2.05) is 0 Å². The normalized spacial score (nSPS) is 26.2. The number of hydrazone groups is 1. The highest BCUT2D eigenvalue weighted by molar-refractivity contribution is 6.48. The third kappa shape index (κ3) is 2.38. The molecule has 0 N–H and O–H groups in total. The molecule has 3 heterocycles. The number of para-hydroxylation sites is 1. The quantitative estimate of drug-likeness (QED) is 0.353. The molecule has 0 spiro atoms. The second kappa shape index (κ2) is 6.85. The molecule has 162 valence electrons. The number of anilines is 1. The molecule has 3 unspecified atom stereocenters. The first-order chi connectivity index (χ1) is 16.1. The van der Waals surface area contributed by atoms with Crippen LogP contribution in [0.15, 0.2) is 91.0 Å². The van der Waals surface area contributed by atoms with Crippen molar-refractivity contribution in [2.24, 2.45) is 5.92 Å². The minimum Gasteiger partial charge on any atom is -0.594 e. The van der Waals surface area contributed by atoms with Crippen LogP contribution in [0.5, 0.6) is 0 Å². The van der Waals surface area contributed by atoms with Crippen molar-refractivity contribution >= 4 is 29.0 Å². The predicted octanol–water partition coefficient (Wildman–Crippen LogP) is 2.18. The summed E-state index contributed by atoms with van der Waals surface area (Å²) in [6, 6.07) is 25.5. The highest BCUT2D eigenvalue weighted by Gasteiger charge is 2.78. The Kier molecular flexibility index (Phi) is 4.02. The van der Waals surface area contributed by atoms with Gasteiger partial charge in [-0.3, -0.25) is 14.4 Å². The molecular weight excluding hydrogens is 422 g/mol. The predicted molar refractivity (Wildman–Crippen MR) is 116 cm³/mol. The summed E-state index contributed by atoms with van der Waals surface area (Å²) >= 11 is 0. The summed E-state index contributed by atoms with van der Waals surface area (Å²) in [5, 5.41) is 14.3. The first kappa shape index (κ1) is 19.4. The summed E-state index contributed by atoms with van der Waals surface area (Å²) < 4.78 is 0. The van der Waals surface area contributed by atoms with Gasteiger partial charge in [0.15, 0.2) is 6.10 Å². The molecular formula is C25H17N3O5. The van der Waals surface area contributed by atoms with E-state index in [9.17, 15) is 19.6 Å². The van der Waals surface area contributed by atoms with Gasteiger partial charge in [-0.05, 0) is 39.8 Å². The molecule has 8 heteroatoms. The van der Waals surface area contributed by atoms with E-state index in [2.05, 4.69) is 0 Å². The van der Waals surface area contributed by atoms with Crippen molar-refractivity contribution in [2.75, 3.05) is 4.90 Å². The molecule has 3 aromatic rings. The summed E-state index contributed by atoms with van der Waals surface area (Å²) in [7, 11) is 0. The highest BCUT2D eigenvalue weighted by Crippen LogP contribution is 2.53. The molecule has 3 atom stereocenters. The van der Waals surface area contributed by atoms with E-state index in [0.717, 1.165) is 10.1 Å². The number of benzene rings is 3. The Morgan fingerprint density at radius 1 is 0.788 bits per heavy atom. The molecule has 0 saturated carbocycles. The number of Topliss-reactive ketones (excluding diaryl/α,β-unsaturated/α-hetero) is 1. The van der Waals surface area contributed by atoms with Crippen LogP contribution in [-0.4, -0.2) is 39.4 Å². The Bertz CT molecular complexity index is 1330. The Labute approximate surface area is 188 Å². The van der Waals surface area contributed by atoms with Gasteiger partial charge in [0.05, 0.1) is 11.3 Å². The number of hydrazine groups is 1. The number of hydroxylamine groups is 1. The summed E-state index contributed by atoms with van der Waals surface area (Å²) in [4.78, 5) is 48.3. The van der Waals surface area contributed by atoms with Crippen LogP contribution in [0.3, 0.4) is 0 Å². The van der Waals surface area contributed by atoms with Crippen LogP contribution in [0.25, 0.3) is 0 Å². The average molecular weight is 439 g/mol. The fourth-order valence-electron chi connectivity index (χ4n) is 5.02. The summed E-state index contributed by atoms with van der Waals surface area (Å²) in [6.45, 7) is 0. The maximum Gasteiger partial charge on any atom is 0.297 e. The van der Waals surface area contributed by atoms with E-state index in [4.69, 9.17) is 4.84 Å². The Morgan fingerprint density at radius 3 is 2.00 bits per heavy atom. The lowest BCUT2D eigenvalue weighted by atomic mass is 9.73. The van der Waals surface area contributed by atoms with Gasteiger partial charge in [-0.1, -0.05) is 66.7 Å². The maximum absolute atomic E-state index is 14.1. The van der Waals surface area contributed by atoms with Gasteiger partial charge in [0, 0.05) is 0 Å². The van der Waals surface area contributed by atoms with Crippen molar-refractivity contribution in [3.8, 4) is 0 Å². The van der Waals surface area contributed by atoms with Crippen molar-refractivity contribution in [3.05, 3.63) is 107 Å². The zero-order valence-electron chi connectivity index (χ0n) is 17.2. The lowest BCUT2D eigenvalue weighted by Crippen LogP contribution is -2.52. The number of carbonyl (C=O) groups is 3. The zero-order valence-corrected chi connectivity index (χ0v) is 17.2. The van der Waals surface area contributed by atoms with Gasteiger partial charge in [-0.15, -0.1) is 0 Å². The molecule has 33 heavy (non-hydrogen) atoms. The van der Waals surface area contributed by atoms with E-state index >= 15 is 0 Å². The van der Waals surface area contributed by atoms with Crippen LogP contribution < -0.4 is 4.90 Å². The second-order valence-corrected chi connectivity index (χ2v) is 8.07. The summed E-state index contributed by atoms with van der Waals surface area (Å²) in [5.74, 6) is -3.00. The molecule has 0 aromatic heterocycles. The Morgan fingerprint density at radius 2 is 1.36 bits per heavy atom. The molecule has 0 bridgehead atoms. The first-order valence-electron chi connectivity index (χ1n) is 10.5. The van der Waals surface area contributed by atoms with Crippen molar-refractivity contribution in [2.45, 2.75) is 11.6 Å². The number of ketones is 1. The largest absolute Gasteiger partial charge is 0.594 e. The average Bonchev–Trinajstić information content (AvgIpc) is 3.41. The number of amides is 2. The minimum absolute atomic E-state index is 0.142. The van der Waals surface area contributed by atoms with E-state index in [0.29, 0.717) is 21.7 Å². The van der Waals surface area contributed by atoms with Crippen molar-refractivity contribution in [1.29, 1.82) is 0 Å². The lowest BCUT2D eigenvalue weighted by molar-refractivity contribution is -0.720. The third-order valence-corrected chi connectivity index (χ3v) is 6.41. The van der Waals surface area contributed by atoms with Crippen LogP contribution in [0.1, 0.15) is 11.1 Å². The van der Waals surface area contributed by atoms with Gasteiger partial charge >= 0.3 is 0 Å². The molecule has 3 aliphatic heterocycles.